The van der Waals surface area contributed by atoms with Crippen LogP contribution in [-0.2, 0) is 9.59 Å². The Morgan fingerprint density at radius 2 is 1.74 bits per heavy atom. The van der Waals surface area contributed by atoms with E-state index in [9.17, 15) is 14.7 Å². The van der Waals surface area contributed by atoms with E-state index in [0.717, 1.165) is 16.3 Å². The maximum absolute atomic E-state index is 11.5. The van der Waals surface area contributed by atoms with Gasteiger partial charge in [-0.2, -0.15) is 0 Å². The summed E-state index contributed by atoms with van der Waals surface area (Å²) in [4.78, 5) is 22.5. The fraction of sp³-hybridized carbons (Fsp3) is 0.250. The molecule has 0 heterocycles. The highest BCUT2D eigenvalue weighted by Crippen LogP contribution is 2.19. The van der Waals surface area contributed by atoms with Crippen molar-refractivity contribution in [3.8, 4) is 0 Å². The topological polar surface area (TPSA) is 104 Å². The first-order chi connectivity index (χ1) is 10.6. The lowest BCUT2D eigenvalue weighted by molar-refractivity contribution is -0.125. The van der Waals surface area contributed by atoms with Gasteiger partial charge in [0.15, 0.2) is 0 Å². The largest absolute Gasteiger partial charge is 0.387 e. The van der Waals surface area contributed by atoms with Gasteiger partial charge in [0.25, 0.3) is 0 Å². The first-order valence-corrected chi connectivity index (χ1v) is 7.00. The van der Waals surface area contributed by atoms with Crippen LogP contribution in [0.5, 0.6) is 0 Å². The Hall–Kier alpha value is -2.15. The van der Waals surface area contributed by atoms with Gasteiger partial charge in [0.1, 0.15) is 0 Å². The Morgan fingerprint density at radius 1 is 1.04 bits per heavy atom. The summed E-state index contributed by atoms with van der Waals surface area (Å²) in [6.45, 7) is -0.233. The Bertz CT molecular complexity index is 678. The van der Waals surface area contributed by atoms with Crippen LogP contribution in [0.25, 0.3) is 10.8 Å². The number of amides is 2. The fourth-order valence-corrected chi connectivity index (χ4v) is 2.06. The molecular weight excluding hydrogens is 318 g/mol. The van der Waals surface area contributed by atoms with Gasteiger partial charge in [-0.3, -0.25) is 9.59 Å². The number of fused-ring (bicyclic) bond motifs is 1. The van der Waals surface area contributed by atoms with E-state index < -0.39 is 12.0 Å². The molecule has 1 unspecified atom stereocenters. The smallest absolute Gasteiger partial charge is 0.239 e. The zero-order chi connectivity index (χ0) is 15.9. The van der Waals surface area contributed by atoms with Gasteiger partial charge < -0.3 is 21.5 Å². The molecule has 0 saturated heterocycles. The normalized spacial score (nSPS) is 11.4. The quantitative estimate of drug-likeness (QED) is 0.615. The summed E-state index contributed by atoms with van der Waals surface area (Å²) in [6, 6.07) is 13.5. The van der Waals surface area contributed by atoms with E-state index >= 15 is 0 Å². The lowest BCUT2D eigenvalue weighted by atomic mass is 10.0. The highest BCUT2D eigenvalue weighted by molar-refractivity contribution is 5.86. The van der Waals surface area contributed by atoms with Crippen molar-refractivity contribution in [2.45, 2.75) is 6.10 Å². The number of hydrogen-bond acceptors (Lipinski definition) is 4. The maximum atomic E-state index is 11.5. The first-order valence-electron chi connectivity index (χ1n) is 7.00. The molecule has 0 aliphatic rings. The van der Waals surface area contributed by atoms with Crippen LogP contribution in [0.1, 0.15) is 11.7 Å². The SMILES string of the molecule is Cl.NCC(=O)NCC(=O)NCC(O)c1ccc2ccccc2c1. The molecule has 0 bridgehead atoms. The zero-order valence-electron chi connectivity index (χ0n) is 12.5. The minimum atomic E-state index is -0.807. The lowest BCUT2D eigenvalue weighted by Gasteiger charge is -2.13. The third-order valence-electron chi connectivity index (χ3n) is 3.28. The van der Waals surface area contributed by atoms with Crippen molar-refractivity contribution in [3.05, 3.63) is 48.0 Å². The molecule has 0 aliphatic heterocycles. The van der Waals surface area contributed by atoms with Gasteiger partial charge in [-0.1, -0.05) is 36.4 Å². The summed E-state index contributed by atoms with van der Waals surface area (Å²) < 4.78 is 0. The molecule has 7 heteroatoms. The predicted octanol–water partition coefficient (Wildman–Crippen LogP) is 0.486. The molecule has 0 fully saturated rings. The molecule has 6 nitrogen and oxygen atoms in total. The first kappa shape index (κ1) is 18.9. The summed E-state index contributed by atoms with van der Waals surface area (Å²) in [5, 5.41) is 17.2. The number of nitrogens with one attached hydrogen (secondary N) is 2. The number of aliphatic hydroxyl groups is 1. The molecule has 2 amide bonds. The second-order valence-corrected chi connectivity index (χ2v) is 4.91. The van der Waals surface area contributed by atoms with E-state index in [1.54, 1.807) is 0 Å². The van der Waals surface area contributed by atoms with E-state index in [-0.39, 0.29) is 37.9 Å². The van der Waals surface area contributed by atoms with Crippen molar-refractivity contribution < 1.29 is 14.7 Å². The molecule has 0 saturated carbocycles. The van der Waals surface area contributed by atoms with Crippen molar-refractivity contribution in [2.24, 2.45) is 5.73 Å². The van der Waals surface area contributed by atoms with Crippen molar-refractivity contribution in [3.63, 3.8) is 0 Å². The lowest BCUT2D eigenvalue weighted by Crippen LogP contribution is -2.40. The van der Waals surface area contributed by atoms with Crippen LogP contribution in [0.2, 0.25) is 0 Å². The molecule has 2 aromatic carbocycles. The third kappa shape index (κ3) is 5.52. The van der Waals surface area contributed by atoms with Crippen molar-refractivity contribution in [2.75, 3.05) is 19.6 Å². The standard InChI is InChI=1S/C16H19N3O3.ClH/c17-8-15(21)19-10-16(22)18-9-14(20)13-6-5-11-3-1-2-4-12(11)7-13;/h1-7,14,20H,8-10,17H2,(H,18,22)(H,19,21);1H. The number of benzene rings is 2. The average Bonchev–Trinajstić information content (AvgIpc) is 2.56. The summed E-state index contributed by atoms with van der Waals surface area (Å²) >= 11 is 0. The molecule has 2 aromatic rings. The zero-order valence-corrected chi connectivity index (χ0v) is 13.3. The second-order valence-electron chi connectivity index (χ2n) is 4.91. The van der Waals surface area contributed by atoms with Crippen LogP contribution in [-0.4, -0.2) is 36.6 Å². The number of carbonyl (C=O) groups excluding carboxylic acids is 2. The molecule has 23 heavy (non-hydrogen) atoms. The Kier molecular flexibility index (Phi) is 7.47. The van der Waals surface area contributed by atoms with Gasteiger partial charge in [0.2, 0.25) is 11.8 Å². The molecule has 0 spiro atoms. The van der Waals surface area contributed by atoms with Gasteiger partial charge in [-0.25, -0.2) is 0 Å². The third-order valence-corrected chi connectivity index (χ3v) is 3.28. The van der Waals surface area contributed by atoms with E-state index in [1.807, 2.05) is 42.5 Å². The molecule has 1 atom stereocenters. The van der Waals surface area contributed by atoms with Gasteiger partial charge in [0.05, 0.1) is 19.2 Å². The van der Waals surface area contributed by atoms with Crippen LogP contribution in [0.4, 0.5) is 0 Å². The number of carbonyl (C=O) groups is 2. The van der Waals surface area contributed by atoms with E-state index in [0.29, 0.717) is 0 Å². The average molecular weight is 338 g/mol. The maximum Gasteiger partial charge on any atom is 0.239 e. The van der Waals surface area contributed by atoms with E-state index in [4.69, 9.17) is 5.73 Å². The summed E-state index contributed by atoms with van der Waals surface area (Å²) in [5.41, 5.74) is 5.84. The minimum Gasteiger partial charge on any atom is -0.387 e. The highest BCUT2D eigenvalue weighted by atomic mass is 35.5. The van der Waals surface area contributed by atoms with Crippen LogP contribution < -0.4 is 16.4 Å². The molecule has 0 radical (unpaired) electrons. The van der Waals surface area contributed by atoms with Gasteiger partial charge in [-0.15, -0.1) is 12.4 Å². The van der Waals surface area contributed by atoms with Crippen LogP contribution in [0.15, 0.2) is 42.5 Å². The van der Waals surface area contributed by atoms with Gasteiger partial charge >= 0.3 is 0 Å². The summed E-state index contributed by atoms with van der Waals surface area (Å²) in [6.07, 6.45) is -0.807. The van der Waals surface area contributed by atoms with Crippen molar-refractivity contribution in [1.29, 1.82) is 0 Å². The van der Waals surface area contributed by atoms with Crippen molar-refractivity contribution >= 4 is 35.0 Å². The predicted molar refractivity (Wildman–Crippen MR) is 91.2 cm³/mol. The molecule has 124 valence electrons. The molecular formula is C16H20ClN3O3. The molecule has 5 N–H and O–H groups in total. The van der Waals surface area contributed by atoms with Crippen molar-refractivity contribution in [1.82, 2.24) is 10.6 Å². The van der Waals surface area contributed by atoms with Crippen LogP contribution >= 0.6 is 12.4 Å². The van der Waals surface area contributed by atoms with E-state index in [2.05, 4.69) is 10.6 Å². The van der Waals surface area contributed by atoms with Gasteiger partial charge in [0, 0.05) is 6.54 Å². The Morgan fingerprint density at radius 3 is 2.43 bits per heavy atom. The summed E-state index contributed by atoms with van der Waals surface area (Å²) in [5.74, 6) is -0.771. The molecule has 0 aliphatic carbocycles. The number of hydrogen-bond donors (Lipinski definition) is 4. The number of halogens is 1. The van der Waals surface area contributed by atoms with E-state index in [1.165, 1.54) is 0 Å². The van der Waals surface area contributed by atoms with Gasteiger partial charge in [-0.05, 0) is 22.4 Å². The Balaban J connectivity index is 0.00000264. The number of rotatable bonds is 6. The summed E-state index contributed by atoms with van der Waals surface area (Å²) in [7, 11) is 0. The number of aliphatic hydroxyl groups excluding tert-OH is 1. The minimum absolute atomic E-state index is 0. The molecule has 2 rings (SSSR count). The van der Waals surface area contributed by atoms with Crippen LogP contribution in [0, 0.1) is 0 Å². The fourth-order valence-electron chi connectivity index (χ4n) is 2.06. The second kappa shape index (κ2) is 9.09. The monoisotopic (exact) mass is 337 g/mol. The highest BCUT2D eigenvalue weighted by Gasteiger charge is 2.10. The molecule has 0 aromatic heterocycles. The van der Waals surface area contributed by atoms with Crippen LogP contribution in [0.3, 0.4) is 0 Å². The number of nitrogens with two attached hydrogens (primary N) is 1. The Labute approximate surface area is 140 Å².